The smallest absolute Gasteiger partial charge is 0.227 e. The molecule has 3 rings (SSSR count). The van der Waals surface area contributed by atoms with Crippen LogP contribution in [0, 0.1) is 13.8 Å². The summed E-state index contributed by atoms with van der Waals surface area (Å²) in [5.74, 6) is 1.75. The largest absolute Gasteiger partial charge is 0.341 e. The monoisotopic (exact) mass is 310 g/mol. The lowest BCUT2D eigenvalue weighted by Gasteiger charge is -2.27. The van der Waals surface area contributed by atoms with Crippen LogP contribution in [0.3, 0.4) is 0 Å². The molecule has 2 heterocycles. The number of rotatable bonds is 4. The minimum atomic E-state index is 0.860. The van der Waals surface area contributed by atoms with Crippen molar-refractivity contribution in [2.75, 3.05) is 23.3 Å². The average molecular weight is 310 g/mol. The first-order valence-corrected chi connectivity index (χ1v) is 8.63. The van der Waals surface area contributed by atoms with E-state index in [-0.39, 0.29) is 0 Å². The van der Waals surface area contributed by atoms with Crippen molar-refractivity contribution in [2.24, 2.45) is 0 Å². The summed E-state index contributed by atoms with van der Waals surface area (Å²) in [5, 5.41) is 3.53. The molecule has 1 aliphatic heterocycles. The Labute approximate surface area is 139 Å². The maximum Gasteiger partial charge on any atom is 0.227 e. The van der Waals surface area contributed by atoms with E-state index in [1.54, 1.807) is 0 Å². The topological polar surface area (TPSA) is 41.1 Å². The highest BCUT2D eigenvalue weighted by Gasteiger charge is 2.15. The van der Waals surface area contributed by atoms with E-state index in [0.29, 0.717) is 0 Å². The fraction of sp³-hybridized carbons (Fsp3) is 0.474. The molecule has 1 fully saturated rings. The molecular weight excluding hydrogens is 284 g/mol. The lowest BCUT2D eigenvalue weighted by molar-refractivity contribution is 0.568. The third kappa shape index (κ3) is 3.63. The van der Waals surface area contributed by atoms with E-state index in [4.69, 9.17) is 4.98 Å². The van der Waals surface area contributed by atoms with Gasteiger partial charge < -0.3 is 10.2 Å². The van der Waals surface area contributed by atoms with Crippen LogP contribution in [-0.2, 0) is 6.42 Å². The predicted molar refractivity (Wildman–Crippen MR) is 96.7 cm³/mol. The number of hydrogen-bond donors (Lipinski definition) is 1. The second kappa shape index (κ2) is 6.99. The van der Waals surface area contributed by atoms with E-state index in [1.165, 1.54) is 36.1 Å². The molecular formula is C19H26N4. The van der Waals surface area contributed by atoms with Crippen molar-refractivity contribution in [3.63, 3.8) is 0 Å². The van der Waals surface area contributed by atoms with Gasteiger partial charge in [0, 0.05) is 30.5 Å². The van der Waals surface area contributed by atoms with Gasteiger partial charge in [0.1, 0.15) is 5.82 Å². The fourth-order valence-corrected chi connectivity index (χ4v) is 3.18. The summed E-state index contributed by atoms with van der Waals surface area (Å²) in [7, 11) is 0. The highest BCUT2D eigenvalue weighted by molar-refractivity contribution is 5.65. The molecule has 122 valence electrons. The van der Waals surface area contributed by atoms with Gasteiger partial charge in [-0.05, 0) is 50.7 Å². The summed E-state index contributed by atoms with van der Waals surface area (Å²) in [6, 6.07) is 8.46. The van der Waals surface area contributed by atoms with Gasteiger partial charge in [0.15, 0.2) is 0 Å². The SMILES string of the molecule is CCc1cccc(C)c1Nc1cc(C)nc(N2CCCCC2)n1. The number of nitrogens with zero attached hydrogens (tertiary/aromatic N) is 3. The first-order chi connectivity index (χ1) is 11.2. The van der Waals surface area contributed by atoms with Gasteiger partial charge in [-0.25, -0.2) is 4.98 Å². The lowest BCUT2D eigenvalue weighted by atomic mass is 10.1. The molecule has 1 N–H and O–H groups in total. The van der Waals surface area contributed by atoms with Crippen molar-refractivity contribution >= 4 is 17.5 Å². The number of para-hydroxylation sites is 1. The third-order valence-electron chi connectivity index (χ3n) is 4.47. The summed E-state index contributed by atoms with van der Waals surface area (Å²) in [6.07, 6.45) is 4.79. The molecule has 23 heavy (non-hydrogen) atoms. The highest BCUT2D eigenvalue weighted by atomic mass is 15.3. The molecule has 0 amide bonds. The molecule has 0 aliphatic carbocycles. The van der Waals surface area contributed by atoms with E-state index in [9.17, 15) is 0 Å². The van der Waals surface area contributed by atoms with E-state index in [1.807, 2.05) is 13.0 Å². The highest BCUT2D eigenvalue weighted by Crippen LogP contribution is 2.26. The quantitative estimate of drug-likeness (QED) is 0.909. The zero-order valence-electron chi connectivity index (χ0n) is 14.4. The van der Waals surface area contributed by atoms with Gasteiger partial charge in [0.2, 0.25) is 5.95 Å². The van der Waals surface area contributed by atoms with Crippen molar-refractivity contribution in [1.82, 2.24) is 9.97 Å². The van der Waals surface area contributed by atoms with Crippen LogP contribution in [0.4, 0.5) is 17.5 Å². The maximum absolute atomic E-state index is 4.77. The zero-order chi connectivity index (χ0) is 16.2. The summed E-state index contributed by atoms with van der Waals surface area (Å²) < 4.78 is 0. The predicted octanol–water partition coefficient (Wildman–Crippen LogP) is 4.39. The molecule has 0 atom stereocenters. The van der Waals surface area contributed by atoms with Gasteiger partial charge in [0.05, 0.1) is 0 Å². The molecule has 1 saturated heterocycles. The van der Waals surface area contributed by atoms with Gasteiger partial charge in [-0.2, -0.15) is 4.98 Å². The van der Waals surface area contributed by atoms with Crippen LogP contribution in [0.1, 0.15) is 43.0 Å². The maximum atomic E-state index is 4.77. The third-order valence-corrected chi connectivity index (χ3v) is 4.47. The first-order valence-electron chi connectivity index (χ1n) is 8.63. The summed E-state index contributed by atoms with van der Waals surface area (Å²) in [4.78, 5) is 11.7. The Morgan fingerprint density at radius 2 is 1.87 bits per heavy atom. The summed E-state index contributed by atoms with van der Waals surface area (Å²) in [6.45, 7) is 8.49. The molecule has 4 heteroatoms. The van der Waals surface area contributed by atoms with Crippen molar-refractivity contribution < 1.29 is 0 Å². The number of anilines is 3. The van der Waals surface area contributed by atoms with E-state index >= 15 is 0 Å². The van der Waals surface area contributed by atoms with Crippen molar-refractivity contribution in [2.45, 2.75) is 46.5 Å². The van der Waals surface area contributed by atoms with E-state index in [2.05, 4.69) is 47.2 Å². The van der Waals surface area contributed by atoms with Crippen LogP contribution in [0.15, 0.2) is 24.3 Å². The number of aryl methyl sites for hydroxylation is 3. The standard InChI is InChI=1S/C19H26N4/c1-4-16-10-8-9-14(2)18(16)21-17-13-15(3)20-19(22-17)23-11-6-5-7-12-23/h8-10,13H,4-7,11-12H2,1-3H3,(H,20,21,22). The van der Waals surface area contributed by atoms with Crippen LogP contribution < -0.4 is 10.2 Å². The molecule has 0 saturated carbocycles. The minimum absolute atomic E-state index is 0.860. The Hall–Kier alpha value is -2.10. The average Bonchev–Trinajstić information content (AvgIpc) is 2.57. The molecule has 0 unspecified atom stereocenters. The van der Waals surface area contributed by atoms with Crippen molar-refractivity contribution in [3.8, 4) is 0 Å². The molecule has 0 bridgehead atoms. The normalized spacial score (nSPS) is 14.8. The van der Waals surface area contributed by atoms with Crippen LogP contribution in [-0.4, -0.2) is 23.1 Å². The van der Waals surface area contributed by atoms with Crippen molar-refractivity contribution in [1.29, 1.82) is 0 Å². The van der Waals surface area contributed by atoms with Gasteiger partial charge >= 0.3 is 0 Å². The Morgan fingerprint density at radius 1 is 1.09 bits per heavy atom. The molecule has 1 aliphatic rings. The van der Waals surface area contributed by atoms with Gasteiger partial charge in [-0.15, -0.1) is 0 Å². The molecule has 1 aromatic heterocycles. The molecule has 2 aromatic rings. The Morgan fingerprint density at radius 3 is 2.61 bits per heavy atom. The van der Waals surface area contributed by atoms with E-state index < -0.39 is 0 Å². The first kappa shape index (κ1) is 15.8. The summed E-state index contributed by atoms with van der Waals surface area (Å²) >= 11 is 0. The Balaban J connectivity index is 1.90. The molecule has 1 aromatic carbocycles. The van der Waals surface area contributed by atoms with Crippen LogP contribution in [0.5, 0.6) is 0 Å². The minimum Gasteiger partial charge on any atom is -0.341 e. The van der Waals surface area contributed by atoms with Crippen LogP contribution >= 0.6 is 0 Å². The second-order valence-corrected chi connectivity index (χ2v) is 6.33. The Bertz CT molecular complexity index is 675. The second-order valence-electron chi connectivity index (χ2n) is 6.33. The van der Waals surface area contributed by atoms with E-state index in [0.717, 1.165) is 37.0 Å². The fourth-order valence-electron chi connectivity index (χ4n) is 3.18. The van der Waals surface area contributed by atoms with Crippen LogP contribution in [0.2, 0.25) is 0 Å². The summed E-state index contributed by atoms with van der Waals surface area (Å²) in [5.41, 5.74) is 4.76. The Kier molecular flexibility index (Phi) is 4.79. The number of nitrogens with one attached hydrogen (secondary N) is 1. The van der Waals surface area contributed by atoms with Crippen molar-refractivity contribution in [3.05, 3.63) is 41.1 Å². The number of piperidine rings is 1. The number of benzene rings is 1. The number of hydrogen-bond acceptors (Lipinski definition) is 4. The van der Waals surface area contributed by atoms with Crippen LogP contribution in [0.25, 0.3) is 0 Å². The molecule has 4 nitrogen and oxygen atoms in total. The zero-order valence-corrected chi connectivity index (χ0v) is 14.4. The molecule has 0 spiro atoms. The van der Waals surface area contributed by atoms with Gasteiger partial charge in [-0.1, -0.05) is 25.1 Å². The lowest BCUT2D eigenvalue weighted by Crippen LogP contribution is -2.31. The molecule has 0 radical (unpaired) electrons. The van der Waals surface area contributed by atoms with Gasteiger partial charge in [-0.3, -0.25) is 0 Å². The van der Waals surface area contributed by atoms with Gasteiger partial charge in [0.25, 0.3) is 0 Å². The number of aromatic nitrogens is 2.